The largest absolute Gasteiger partial charge is 0.493 e. The topological polar surface area (TPSA) is 60.4 Å². The molecule has 1 N–H and O–H groups in total. The summed E-state index contributed by atoms with van der Waals surface area (Å²) in [6.07, 6.45) is 3.62. The van der Waals surface area contributed by atoms with E-state index in [0.717, 1.165) is 42.9 Å². The number of piperidine rings is 1. The Hall–Kier alpha value is -1.34. The third kappa shape index (κ3) is 1.80. The normalized spacial score (nSPS) is 46.2. The van der Waals surface area contributed by atoms with Gasteiger partial charge in [-0.25, -0.2) is 0 Å². The number of ether oxygens (including phenoxy) is 4. The third-order valence-corrected chi connectivity index (χ3v) is 8.21. The van der Waals surface area contributed by atoms with Gasteiger partial charge in [-0.3, -0.25) is 0 Å². The van der Waals surface area contributed by atoms with E-state index in [4.69, 9.17) is 18.9 Å². The van der Waals surface area contributed by atoms with Gasteiger partial charge in [-0.15, -0.1) is 0 Å². The van der Waals surface area contributed by atoms with Crippen LogP contribution in [0.3, 0.4) is 0 Å². The monoisotopic (exact) mass is 387 g/mol. The van der Waals surface area contributed by atoms with E-state index in [9.17, 15) is 5.11 Å². The van der Waals surface area contributed by atoms with Crippen molar-refractivity contribution in [1.82, 2.24) is 4.90 Å². The minimum Gasteiger partial charge on any atom is -0.493 e. The van der Waals surface area contributed by atoms with Crippen LogP contribution in [0.15, 0.2) is 12.1 Å². The van der Waals surface area contributed by atoms with E-state index in [1.165, 1.54) is 5.56 Å². The van der Waals surface area contributed by atoms with Crippen molar-refractivity contribution in [3.63, 3.8) is 0 Å². The van der Waals surface area contributed by atoms with Gasteiger partial charge in [0.25, 0.3) is 0 Å². The van der Waals surface area contributed by atoms with Gasteiger partial charge in [0.1, 0.15) is 0 Å². The first kappa shape index (κ1) is 17.5. The highest BCUT2D eigenvalue weighted by Crippen LogP contribution is 2.67. The molecule has 6 heteroatoms. The Morgan fingerprint density at radius 3 is 2.89 bits per heavy atom. The van der Waals surface area contributed by atoms with Crippen molar-refractivity contribution < 1.29 is 24.1 Å². The lowest BCUT2D eigenvalue weighted by Crippen LogP contribution is -2.79. The van der Waals surface area contributed by atoms with Crippen LogP contribution in [0.4, 0.5) is 0 Å². The van der Waals surface area contributed by atoms with Gasteiger partial charge in [0.2, 0.25) is 5.79 Å². The molecule has 0 amide bonds. The number of fused-ring (bicyclic) bond motifs is 1. The Labute approximate surface area is 165 Å². The van der Waals surface area contributed by atoms with E-state index in [-0.39, 0.29) is 18.2 Å². The van der Waals surface area contributed by atoms with Gasteiger partial charge in [0.15, 0.2) is 17.6 Å². The number of hydrogen-bond acceptors (Lipinski definition) is 6. The number of methoxy groups -OCH3 is 1. The van der Waals surface area contributed by atoms with Crippen LogP contribution in [-0.2, 0) is 21.3 Å². The Balaban J connectivity index is 1.62. The molecular weight excluding hydrogens is 358 g/mol. The van der Waals surface area contributed by atoms with Crippen molar-refractivity contribution in [1.29, 1.82) is 0 Å². The maximum absolute atomic E-state index is 12.3. The molecule has 3 heterocycles. The molecule has 2 spiro atoms. The summed E-state index contributed by atoms with van der Waals surface area (Å²) in [7, 11) is 3.81. The molecule has 6 atom stereocenters. The second-order valence-corrected chi connectivity index (χ2v) is 9.35. The number of benzene rings is 1. The van der Waals surface area contributed by atoms with Crippen LogP contribution >= 0.6 is 0 Å². The van der Waals surface area contributed by atoms with Crippen molar-refractivity contribution in [3.8, 4) is 11.5 Å². The van der Waals surface area contributed by atoms with Crippen LogP contribution in [0.2, 0.25) is 0 Å². The second-order valence-electron chi connectivity index (χ2n) is 9.35. The molecule has 2 aliphatic carbocycles. The predicted octanol–water partition coefficient (Wildman–Crippen LogP) is 2.00. The van der Waals surface area contributed by atoms with Gasteiger partial charge in [0, 0.05) is 18.0 Å². The SMILES string of the molecule is COc1ccc2c3c1OC1[C@]4(CCC5(O)[C@@H](C2)N(C)CC[C@]315)OCC[C@H](C)O4. The smallest absolute Gasteiger partial charge is 0.207 e. The molecule has 28 heavy (non-hydrogen) atoms. The number of nitrogens with zero attached hydrogens (tertiary/aromatic N) is 1. The standard InChI is InChI=1S/C22H29NO5/c1-13-6-11-26-22(28-13)8-7-21(24)16-12-14-4-5-15(25-3)18-17(14)20(21,19(22)27-18)9-10-23(16)2/h4-5,13,16,19,24H,6-12H2,1-3H3/t13-,16+,19?,20-,21?,22+/m0/s1. The summed E-state index contributed by atoms with van der Waals surface area (Å²) in [6.45, 7) is 3.70. The first-order chi connectivity index (χ1) is 13.5. The maximum Gasteiger partial charge on any atom is 0.207 e. The average molecular weight is 387 g/mol. The Morgan fingerprint density at radius 2 is 2.11 bits per heavy atom. The third-order valence-electron chi connectivity index (χ3n) is 8.21. The summed E-state index contributed by atoms with van der Waals surface area (Å²) in [5.41, 5.74) is 1.04. The Bertz CT molecular complexity index is 844. The minimum atomic E-state index is -0.853. The molecule has 3 fully saturated rings. The van der Waals surface area contributed by atoms with E-state index in [1.807, 2.05) is 6.07 Å². The molecule has 1 saturated carbocycles. The van der Waals surface area contributed by atoms with Gasteiger partial charge in [-0.2, -0.15) is 0 Å². The van der Waals surface area contributed by atoms with Crippen LogP contribution in [-0.4, -0.2) is 67.0 Å². The fourth-order valence-corrected chi connectivity index (χ4v) is 6.96. The van der Waals surface area contributed by atoms with E-state index in [2.05, 4.69) is 24.9 Å². The van der Waals surface area contributed by atoms with Crippen LogP contribution in [0, 0.1) is 0 Å². The molecule has 3 aliphatic heterocycles. The first-order valence-electron chi connectivity index (χ1n) is 10.6. The molecule has 6 rings (SSSR count). The van der Waals surface area contributed by atoms with Gasteiger partial charge in [0.05, 0.1) is 30.8 Å². The molecular formula is C22H29NO5. The van der Waals surface area contributed by atoms with E-state index < -0.39 is 16.8 Å². The van der Waals surface area contributed by atoms with Crippen molar-refractivity contribution in [2.24, 2.45) is 0 Å². The summed E-state index contributed by atoms with van der Waals surface area (Å²) < 4.78 is 25.2. The highest BCUT2D eigenvalue weighted by molar-refractivity contribution is 5.63. The number of aliphatic hydroxyl groups is 1. The van der Waals surface area contributed by atoms with Crippen molar-refractivity contribution in [2.75, 3.05) is 27.3 Å². The van der Waals surface area contributed by atoms with Crippen LogP contribution < -0.4 is 9.47 Å². The number of rotatable bonds is 1. The summed E-state index contributed by atoms with van der Waals surface area (Å²) >= 11 is 0. The lowest BCUT2D eigenvalue weighted by Gasteiger charge is -2.65. The Kier molecular flexibility index (Phi) is 3.39. The summed E-state index contributed by atoms with van der Waals surface area (Å²) in [6, 6.07) is 4.24. The molecule has 1 aromatic rings. The van der Waals surface area contributed by atoms with Gasteiger partial charge in [-0.1, -0.05) is 6.07 Å². The van der Waals surface area contributed by atoms with Crippen molar-refractivity contribution >= 4 is 0 Å². The predicted molar refractivity (Wildman–Crippen MR) is 102 cm³/mol. The van der Waals surface area contributed by atoms with Gasteiger partial charge in [-0.05, 0) is 57.8 Å². The Morgan fingerprint density at radius 1 is 1.25 bits per heavy atom. The van der Waals surface area contributed by atoms with Crippen LogP contribution in [0.1, 0.15) is 43.7 Å². The maximum atomic E-state index is 12.3. The first-order valence-corrected chi connectivity index (χ1v) is 10.6. The number of likely N-dealkylation sites (tertiary alicyclic amines) is 1. The lowest BCUT2D eigenvalue weighted by atomic mass is 9.48. The van der Waals surface area contributed by atoms with Crippen LogP contribution in [0.25, 0.3) is 0 Å². The number of likely N-dealkylation sites (N-methyl/N-ethyl adjacent to an activating group) is 1. The highest BCUT2D eigenvalue weighted by atomic mass is 16.7. The van der Waals surface area contributed by atoms with Crippen LogP contribution in [0.5, 0.6) is 11.5 Å². The summed E-state index contributed by atoms with van der Waals surface area (Å²) in [5.74, 6) is 0.725. The zero-order valence-corrected chi connectivity index (χ0v) is 16.9. The van der Waals surface area contributed by atoms with Gasteiger partial charge < -0.3 is 29.0 Å². The fourth-order valence-electron chi connectivity index (χ4n) is 6.96. The molecule has 2 saturated heterocycles. The molecule has 0 aromatic heterocycles. The van der Waals surface area contributed by atoms with Crippen molar-refractivity contribution in [3.05, 3.63) is 23.3 Å². The zero-order chi connectivity index (χ0) is 19.3. The quantitative estimate of drug-likeness (QED) is 0.795. The summed E-state index contributed by atoms with van der Waals surface area (Å²) in [5, 5.41) is 12.3. The average Bonchev–Trinajstić information content (AvgIpc) is 3.04. The van der Waals surface area contributed by atoms with E-state index >= 15 is 0 Å². The fraction of sp³-hybridized carbons (Fsp3) is 0.727. The van der Waals surface area contributed by atoms with E-state index in [1.54, 1.807) is 7.11 Å². The van der Waals surface area contributed by atoms with Gasteiger partial charge >= 0.3 is 0 Å². The van der Waals surface area contributed by atoms with Crippen molar-refractivity contribution in [2.45, 2.75) is 74.1 Å². The molecule has 1 aromatic carbocycles. The van der Waals surface area contributed by atoms with E-state index in [0.29, 0.717) is 19.4 Å². The zero-order valence-electron chi connectivity index (χ0n) is 16.9. The molecule has 2 bridgehead atoms. The highest BCUT2D eigenvalue weighted by Gasteiger charge is 2.77. The summed E-state index contributed by atoms with van der Waals surface area (Å²) in [4.78, 5) is 2.33. The second kappa shape index (κ2) is 5.42. The number of hydrogen-bond donors (Lipinski definition) is 1. The molecule has 2 unspecified atom stereocenters. The molecule has 6 nitrogen and oxygen atoms in total. The molecule has 5 aliphatic rings. The molecule has 0 radical (unpaired) electrons. The molecule has 152 valence electrons. The lowest BCUT2D eigenvalue weighted by molar-refractivity contribution is -0.364. The minimum absolute atomic E-state index is 0.0811.